The molecule has 0 saturated carbocycles. The number of carbonyl (C=O) groups is 1. The van der Waals surface area contributed by atoms with Gasteiger partial charge in [0.2, 0.25) is 0 Å². The average Bonchev–Trinajstić information content (AvgIpc) is 2.53. The molecule has 0 spiro atoms. The van der Waals surface area contributed by atoms with Gasteiger partial charge < -0.3 is 5.32 Å². The molecule has 1 N–H and O–H groups in total. The van der Waals surface area contributed by atoms with E-state index < -0.39 is 21.4 Å². The third-order valence-electron chi connectivity index (χ3n) is 3.09. The van der Waals surface area contributed by atoms with Gasteiger partial charge in [0.15, 0.2) is 15.6 Å². The summed E-state index contributed by atoms with van der Waals surface area (Å²) in [6.45, 7) is 4.10. The third kappa shape index (κ3) is 3.83. The first-order chi connectivity index (χ1) is 10.5. The van der Waals surface area contributed by atoms with Crippen LogP contribution in [-0.4, -0.2) is 26.5 Å². The van der Waals surface area contributed by atoms with Crippen LogP contribution in [0.3, 0.4) is 0 Å². The van der Waals surface area contributed by atoms with E-state index in [1.165, 1.54) is 12.1 Å². The summed E-state index contributed by atoms with van der Waals surface area (Å²) in [5, 5.41) is 3.04. The topological polar surface area (TPSA) is 63.2 Å². The van der Waals surface area contributed by atoms with E-state index in [2.05, 4.69) is 11.9 Å². The molecule has 0 aliphatic carbocycles. The second kappa shape index (κ2) is 7.04. The lowest BCUT2D eigenvalue weighted by molar-refractivity contribution is 0.102. The zero-order chi connectivity index (χ0) is 16.0. The average molecular weight is 315 g/mol. The standard InChI is InChI=1S/C17H17NO3S/c1-2-12-18-16-11-7-6-10-15(16)17(19)13-22(20,21)14-8-4-3-5-9-14/h2-11,18H,1,12-13H2. The molecular formula is C17H17NO3S. The number of benzene rings is 2. The minimum Gasteiger partial charge on any atom is -0.381 e. The first-order valence-corrected chi connectivity index (χ1v) is 8.44. The number of anilines is 1. The summed E-state index contributed by atoms with van der Waals surface area (Å²) >= 11 is 0. The first kappa shape index (κ1) is 16.0. The lowest BCUT2D eigenvalue weighted by Crippen LogP contribution is -2.18. The molecule has 0 saturated heterocycles. The van der Waals surface area contributed by atoms with Crippen molar-refractivity contribution in [2.45, 2.75) is 4.90 Å². The molecule has 0 radical (unpaired) electrons. The van der Waals surface area contributed by atoms with Crippen LogP contribution in [0.1, 0.15) is 10.4 Å². The van der Waals surface area contributed by atoms with Crippen molar-refractivity contribution in [1.29, 1.82) is 0 Å². The maximum atomic E-state index is 12.4. The minimum absolute atomic E-state index is 0.153. The van der Waals surface area contributed by atoms with Crippen molar-refractivity contribution in [3.8, 4) is 0 Å². The van der Waals surface area contributed by atoms with Crippen molar-refractivity contribution in [1.82, 2.24) is 0 Å². The van der Waals surface area contributed by atoms with Crippen LogP contribution in [0.25, 0.3) is 0 Å². The van der Waals surface area contributed by atoms with Crippen LogP contribution in [0, 0.1) is 0 Å². The Kier molecular flexibility index (Phi) is 5.12. The van der Waals surface area contributed by atoms with E-state index in [0.717, 1.165) is 0 Å². The van der Waals surface area contributed by atoms with E-state index in [1.807, 2.05) is 0 Å². The Hall–Kier alpha value is -2.40. The van der Waals surface area contributed by atoms with E-state index in [4.69, 9.17) is 0 Å². The molecule has 5 heteroatoms. The second-order valence-electron chi connectivity index (χ2n) is 4.71. The summed E-state index contributed by atoms with van der Waals surface area (Å²) in [7, 11) is -3.64. The van der Waals surface area contributed by atoms with E-state index in [1.54, 1.807) is 48.5 Å². The van der Waals surface area contributed by atoms with E-state index in [9.17, 15) is 13.2 Å². The fourth-order valence-electron chi connectivity index (χ4n) is 2.02. The Morgan fingerprint density at radius 2 is 1.68 bits per heavy atom. The highest BCUT2D eigenvalue weighted by atomic mass is 32.2. The van der Waals surface area contributed by atoms with Crippen LogP contribution < -0.4 is 5.32 Å². The monoisotopic (exact) mass is 315 g/mol. The van der Waals surface area contributed by atoms with Gasteiger partial charge in [0.05, 0.1) is 4.90 Å². The first-order valence-electron chi connectivity index (χ1n) is 6.79. The molecule has 4 nitrogen and oxygen atoms in total. The Labute approximate surface area is 130 Å². The number of ketones is 1. The van der Waals surface area contributed by atoms with Gasteiger partial charge in [-0.15, -0.1) is 6.58 Å². The molecular weight excluding hydrogens is 298 g/mol. The Balaban J connectivity index is 2.24. The zero-order valence-electron chi connectivity index (χ0n) is 12.0. The predicted molar refractivity (Wildman–Crippen MR) is 88.0 cm³/mol. The smallest absolute Gasteiger partial charge is 0.185 e. The van der Waals surface area contributed by atoms with Crippen LogP contribution >= 0.6 is 0 Å². The lowest BCUT2D eigenvalue weighted by atomic mass is 10.1. The van der Waals surface area contributed by atoms with Crippen molar-refractivity contribution in [3.05, 3.63) is 72.8 Å². The number of para-hydroxylation sites is 1. The third-order valence-corrected chi connectivity index (χ3v) is 4.72. The van der Waals surface area contributed by atoms with Gasteiger partial charge in [-0.1, -0.05) is 36.4 Å². The summed E-state index contributed by atoms with van der Waals surface area (Å²) < 4.78 is 24.6. The van der Waals surface area contributed by atoms with Gasteiger partial charge in [0.25, 0.3) is 0 Å². The fraction of sp³-hybridized carbons (Fsp3) is 0.118. The molecule has 2 aromatic rings. The number of hydrogen-bond acceptors (Lipinski definition) is 4. The number of sulfone groups is 1. The van der Waals surface area contributed by atoms with Crippen LogP contribution in [0.5, 0.6) is 0 Å². The summed E-state index contributed by atoms with van der Waals surface area (Å²) in [5.74, 6) is -0.986. The minimum atomic E-state index is -3.64. The second-order valence-corrected chi connectivity index (χ2v) is 6.70. The van der Waals surface area contributed by atoms with E-state index >= 15 is 0 Å². The molecule has 2 aromatic carbocycles. The maximum Gasteiger partial charge on any atom is 0.185 e. The number of carbonyl (C=O) groups excluding carboxylic acids is 1. The van der Waals surface area contributed by atoms with Gasteiger partial charge in [-0.3, -0.25) is 4.79 Å². The van der Waals surface area contributed by atoms with Gasteiger partial charge in [0.1, 0.15) is 5.75 Å². The summed E-state index contributed by atoms with van der Waals surface area (Å²) in [6.07, 6.45) is 1.67. The fourth-order valence-corrected chi connectivity index (χ4v) is 3.26. The zero-order valence-corrected chi connectivity index (χ0v) is 12.8. The molecule has 0 bridgehead atoms. The summed E-state index contributed by atoms with van der Waals surface area (Å²) in [5.41, 5.74) is 0.972. The van der Waals surface area contributed by atoms with E-state index in [-0.39, 0.29) is 4.90 Å². The molecule has 0 aliphatic rings. The highest BCUT2D eigenvalue weighted by Crippen LogP contribution is 2.18. The Morgan fingerprint density at radius 3 is 2.36 bits per heavy atom. The quantitative estimate of drug-likeness (QED) is 0.630. The highest BCUT2D eigenvalue weighted by Gasteiger charge is 2.21. The van der Waals surface area contributed by atoms with Crippen LogP contribution in [0.2, 0.25) is 0 Å². The summed E-state index contributed by atoms with van der Waals surface area (Å²) in [4.78, 5) is 12.5. The largest absolute Gasteiger partial charge is 0.381 e. The van der Waals surface area contributed by atoms with Crippen LogP contribution in [0.15, 0.2) is 72.1 Å². The number of rotatable bonds is 7. The summed E-state index contributed by atoms with van der Waals surface area (Å²) in [6, 6.07) is 14.8. The molecule has 0 aliphatic heterocycles. The predicted octanol–water partition coefficient (Wildman–Crippen LogP) is 2.94. The van der Waals surface area contributed by atoms with Gasteiger partial charge in [-0.25, -0.2) is 8.42 Å². The van der Waals surface area contributed by atoms with Crippen LogP contribution in [0.4, 0.5) is 5.69 Å². The lowest BCUT2D eigenvalue weighted by Gasteiger charge is -2.10. The molecule has 114 valence electrons. The van der Waals surface area contributed by atoms with Crippen LogP contribution in [-0.2, 0) is 9.84 Å². The van der Waals surface area contributed by atoms with Crippen molar-refractivity contribution in [3.63, 3.8) is 0 Å². The molecule has 22 heavy (non-hydrogen) atoms. The van der Waals surface area contributed by atoms with Crippen molar-refractivity contribution < 1.29 is 13.2 Å². The van der Waals surface area contributed by atoms with Crippen molar-refractivity contribution >= 4 is 21.3 Å². The van der Waals surface area contributed by atoms with Gasteiger partial charge in [-0.05, 0) is 24.3 Å². The van der Waals surface area contributed by atoms with Gasteiger partial charge in [-0.2, -0.15) is 0 Å². The molecule has 0 fully saturated rings. The maximum absolute atomic E-state index is 12.4. The number of nitrogens with one attached hydrogen (secondary N) is 1. The normalized spacial score (nSPS) is 10.9. The van der Waals surface area contributed by atoms with Gasteiger partial charge >= 0.3 is 0 Å². The molecule has 2 rings (SSSR count). The van der Waals surface area contributed by atoms with E-state index in [0.29, 0.717) is 17.8 Å². The van der Waals surface area contributed by atoms with Crippen molar-refractivity contribution in [2.75, 3.05) is 17.6 Å². The SMILES string of the molecule is C=CCNc1ccccc1C(=O)CS(=O)(=O)c1ccccc1. The Bertz CT molecular complexity index is 768. The molecule has 0 amide bonds. The molecule has 0 unspecified atom stereocenters. The molecule has 0 atom stereocenters. The van der Waals surface area contributed by atoms with Crippen molar-refractivity contribution in [2.24, 2.45) is 0 Å². The molecule has 0 aromatic heterocycles. The molecule has 0 heterocycles. The number of Topliss-reactive ketones (excluding diaryl/α,β-unsaturated/α-hetero) is 1. The highest BCUT2D eigenvalue weighted by molar-refractivity contribution is 7.92. The van der Waals surface area contributed by atoms with Gasteiger partial charge in [0, 0.05) is 17.8 Å². The Morgan fingerprint density at radius 1 is 1.05 bits per heavy atom. The number of hydrogen-bond donors (Lipinski definition) is 1.